The highest BCUT2D eigenvalue weighted by Crippen LogP contribution is 2.41. The van der Waals surface area contributed by atoms with Crippen LogP contribution in [0.4, 0.5) is 10.1 Å². The monoisotopic (exact) mass is 304 g/mol. The summed E-state index contributed by atoms with van der Waals surface area (Å²) < 4.78 is 14.3. The number of hydrogen-bond donors (Lipinski definition) is 0. The van der Waals surface area contributed by atoms with E-state index in [2.05, 4.69) is 29.2 Å². The average molecular weight is 304 g/mol. The van der Waals surface area contributed by atoms with Crippen molar-refractivity contribution in [1.82, 2.24) is 4.90 Å². The third-order valence-electron chi connectivity index (χ3n) is 5.41. The van der Waals surface area contributed by atoms with Crippen molar-refractivity contribution in [3.63, 3.8) is 0 Å². The van der Waals surface area contributed by atoms with Crippen molar-refractivity contribution in [2.45, 2.75) is 44.2 Å². The van der Waals surface area contributed by atoms with Crippen LogP contribution >= 0.6 is 0 Å². The Morgan fingerprint density at radius 3 is 2.41 bits per heavy atom. The molecular weight excluding hydrogens is 275 g/mol. The molecule has 2 fully saturated rings. The van der Waals surface area contributed by atoms with Gasteiger partial charge in [-0.1, -0.05) is 24.6 Å². The van der Waals surface area contributed by atoms with E-state index in [-0.39, 0.29) is 5.92 Å². The molecule has 3 heteroatoms. The molecule has 1 saturated heterocycles. The molecule has 0 spiro atoms. The van der Waals surface area contributed by atoms with Crippen LogP contribution < -0.4 is 4.90 Å². The Morgan fingerprint density at radius 1 is 1.14 bits per heavy atom. The molecule has 0 aromatic heterocycles. The van der Waals surface area contributed by atoms with Crippen LogP contribution in [-0.4, -0.2) is 44.8 Å². The lowest BCUT2D eigenvalue weighted by molar-refractivity contribution is 0.155. The third-order valence-corrected chi connectivity index (χ3v) is 5.41. The molecule has 2 aliphatic rings. The SMILES string of the molecule is CN(C)C[C@H](F)C1CCN(c2ccccc2C2CCC2)CC1. The van der Waals surface area contributed by atoms with Crippen molar-refractivity contribution < 1.29 is 4.39 Å². The van der Waals surface area contributed by atoms with Gasteiger partial charge >= 0.3 is 0 Å². The van der Waals surface area contributed by atoms with Gasteiger partial charge in [-0.3, -0.25) is 0 Å². The van der Waals surface area contributed by atoms with Gasteiger partial charge in [-0.2, -0.15) is 0 Å². The van der Waals surface area contributed by atoms with Gasteiger partial charge in [0.25, 0.3) is 0 Å². The van der Waals surface area contributed by atoms with Crippen LogP contribution in [0, 0.1) is 5.92 Å². The molecule has 1 atom stereocenters. The Balaban J connectivity index is 1.62. The van der Waals surface area contributed by atoms with Gasteiger partial charge in [0.1, 0.15) is 6.17 Å². The first-order valence-electron chi connectivity index (χ1n) is 8.78. The molecular formula is C19H29FN2. The standard InChI is InChI=1S/C19H29FN2/c1-21(2)14-18(20)16-10-12-22(13-11-16)19-9-4-3-8-17(19)15-6-5-7-15/h3-4,8-9,15-16,18H,5-7,10-14H2,1-2H3/t18-/m0/s1. The zero-order chi connectivity index (χ0) is 15.5. The second-order valence-corrected chi connectivity index (χ2v) is 7.29. The van der Waals surface area contributed by atoms with E-state index in [1.165, 1.54) is 30.5 Å². The van der Waals surface area contributed by atoms with Gasteiger partial charge in [-0.15, -0.1) is 0 Å². The van der Waals surface area contributed by atoms with Gasteiger partial charge in [-0.25, -0.2) is 4.39 Å². The van der Waals surface area contributed by atoms with Gasteiger partial charge in [0.15, 0.2) is 0 Å². The lowest BCUT2D eigenvalue weighted by Crippen LogP contribution is -2.40. The number of alkyl halides is 1. The van der Waals surface area contributed by atoms with E-state index in [1.807, 2.05) is 19.0 Å². The molecule has 0 radical (unpaired) electrons. The van der Waals surface area contributed by atoms with Crippen molar-refractivity contribution >= 4 is 5.69 Å². The van der Waals surface area contributed by atoms with Crippen LogP contribution in [0.2, 0.25) is 0 Å². The van der Waals surface area contributed by atoms with E-state index in [4.69, 9.17) is 0 Å². The topological polar surface area (TPSA) is 6.48 Å². The molecule has 1 aromatic rings. The van der Waals surface area contributed by atoms with Crippen LogP contribution in [-0.2, 0) is 0 Å². The number of benzene rings is 1. The van der Waals surface area contributed by atoms with Crippen molar-refractivity contribution in [2.75, 3.05) is 38.6 Å². The molecule has 3 rings (SSSR count). The number of rotatable bonds is 5. The van der Waals surface area contributed by atoms with Crippen molar-refractivity contribution in [3.8, 4) is 0 Å². The molecule has 22 heavy (non-hydrogen) atoms. The maximum absolute atomic E-state index is 14.3. The van der Waals surface area contributed by atoms with Crippen LogP contribution in [0.25, 0.3) is 0 Å². The van der Waals surface area contributed by atoms with Gasteiger partial charge in [-0.05, 0) is 63.2 Å². The minimum atomic E-state index is -0.681. The number of anilines is 1. The van der Waals surface area contributed by atoms with Crippen LogP contribution in [0.15, 0.2) is 24.3 Å². The summed E-state index contributed by atoms with van der Waals surface area (Å²) in [5.74, 6) is 0.992. The summed E-state index contributed by atoms with van der Waals surface area (Å²) in [6.07, 6.45) is 5.32. The first kappa shape index (κ1) is 15.8. The normalized spacial score (nSPS) is 21.9. The smallest absolute Gasteiger partial charge is 0.116 e. The van der Waals surface area contributed by atoms with Gasteiger partial charge in [0.05, 0.1) is 0 Å². The summed E-state index contributed by atoms with van der Waals surface area (Å²) in [6, 6.07) is 8.88. The number of nitrogens with zero attached hydrogens (tertiary/aromatic N) is 2. The highest BCUT2D eigenvalue weighted by Gasteiger charge is 2.29. The predicted octanol–water partition coefficient (Wildman–Crippen LogP) is 4.07. The Hall–Kier alpha value is -1.09. The summed E-state index contributed by atoms with van der Waals surface area (Å²) in [6.45, 7) is 2.56. The fraction of sp³-hybridized carbons (Fsp3) is 0.684. The fourth-order valence-electron chi connectivity index (χ4n) is 3.84. The summed E-state index contributed by atoms with van der Waals surface area (Å²) in [5, 5.41) is 0. The highest BCUT2D eigenvalue weighted by atomic mass is 19.1. The molecule has 1 saturated carbocycles. The summed E-state index contributed by atoms with van der Waals surface area (Å²) in [5.41, 5.74) is 2.94. The van der Waals surface area contributed by atoms with E-state index in [1.54, 1.807) is 0 Å². The number of hydrogen-bond acceptors (Lipinski definition) is 2. The molecule has 122 valence electrons. The van der Waals surface area contributed by atoms with E-state index < -0.39 is 6.17 Å². The molecule has 1 heterocycles. The number of para-hydroxylation sites is 1. The molecule has 0 bridgehead atoms. The minimum Gasteiger partial charge on any atom is -0.371 e. The highest BCUT2D eigenvalue weighted by molar-refractivity contribution is 5.56. The largest absolute Gasteiger partial charge is 0.371 e. The maximum atomic E-state index is 14.3. The average Bonchev–Trinajstić information content (AvgIpc) is 2.46. The Labute approximate surface area is 134 Å². The zero-order valence-corrected chi connectivity index (χ0v) is 14.0. The molecule has 2 nitrogen and oxygen atoms in total. The predicted molar refractivity (Wildman–Crippen MR) is 91.4 cm³/mol. The molecule has 1 aliphatic carbocycles. The maximum Gasteiger partial charge on any atom is 0.116 e. The molecule has 0 amide bonds. The minimum absolute atomic E-state index is 0.231. The van der Waals surface area contributed by atoms with E-state index >= 15 is 0 Å². The van der Waals surface area contributed by atoms with Crippen molar-refractivity contribution in [3.05, 3.63) is 29.8 Å². The quantitative estimate of drug-likeness (QED) is 0.809. The second kappa shape index (κ2) is 6.99. The van der Waals surface area contributed by atoms with E-state index in [0.29, 0.717) is 6.54 Å². The van der Waals surface area contributed by atoms with Crippen LogP contribution in [0.5, 0.6) is 0 Å². The first-order valence-corrected chi connectivity index (χ1v) is 8.78. The van der Waals surface area contributed by atoms with Gasteiger partial charge < -0.3 is 9.80 Å². The Kier molecular flexibility index (Phi) is 5.02. The fourth-order valence-corrected chi connectivity index (χ4v) is 3.84. The Bertz CT molecular complexity index is 476. The molecule has 0 unspecified atom stereocenters. The van der Waals surface area contributed by atoms with E-state index in [0.717, 1.165) is 31.8 Å². The summed E-state index contributed by atoms with van der Waals surface area (Å²) >= 11 is 0. The number of piperidine rings is 1. The first-order chi connectivity index (χ1) is 10.6. The lowest BCUT2D eigenvalue weighted by atomic mass is 9.79. The van der Waals surface area contributed by atoms with Gasteiger partial charge in [0, 0.05) is 25.3 Å². The Morgan fingerprint density at radius 2 is 1.82 bits per heavy atom. The van der Waals surface area contributed by atoms with Crippen LogP contribution in [0.3, 0.4) is 0 Å². The molecule has 1 aromatic carbocycles. The summed E-state index contributed by atoms with van der Waals surface area (Å²) in [7, 11) is 3.91. The molecule has 0 N–H and O–H groups in total. The second-order valence-electron chi connectivity index (χ2n) is 7.29. The lowest BCUT2D eigenvalue weighted by Gasteiger charge is -2.38. The van der Waals surface area contributed by atoms with E-state index in [9.17, 15) is 4.39 Å². The van der Waals surface area contributed by atoms with Crippen LogP contribution in [0.1, 0.15) is 43.6 Å². The van der Waals surface area contributed by atoms with Crippen molar-refractivity contribution in [1.29, 1.82) is 0 Å². The van der Waals surface area contributed by atoms with Crippen molar-refractivity contribution in [2.24, 2.45) is 5.92 Å². The molecule has 1 aliphatic heterocycles. The number of halogens is 1. The zero-order valence-electron chi connectivity index (χ0n) is 14.0. The van der Waals surface area contributed by atoms with Gasteiger partial charge in [0.2, 0.25) is 0 Å². The summed E-state index contributed by atoms with van der Waals surface area (Å²) in [4.78, 5) is 4.45. The third kappa shape index (κ3) is 3.45.